The van der Waals surface area contributed by atoms with Crippen LogP contribution in [0.4, 0.5) is 4.79 Å². The number of benzene rings is 2. The first-order valence-electron chi connectivity index (χ1n) is 12.9. The third kappa shape index (κ3) is 5.28. The van der Waals surface area contributed by atoms with Gasteiger partial charge in [-0.05, 0) is 47.1 Å². The van der Waals surface area contributed by atoms with E-state index in [0.717, 1.165) is 31.0 Å². The molecule has 3 aliphatic rings. The first-order valence-corrected chi connectivity index (χ1v) is 13.9. The summed E-state index contributed by atoms with van der Waals surface area (Å²) in [6, 6.07) is 16.2. The predicted molar refractivity (Wildman–Crippen MR) is 146 cm³/mol. The molecule has 0 N–H and O–H groups in total. The molecule has 0 aromatic heterocycles. The average molecular weight is 522 g/mol. The standard InChI is InChI=1S/C29H35N3O4S/c1-35-15-14-32-28(34)31(20-23-6-4-8-26(18-23)36-2)27(33)29(32)10-12-30(13-11-29)19-22-5-3-7-24(17-22)25-9-16-37-21-25/h3-9,16-18,25H,10-15,19-21H2,1-2H3. The summed E-state index contributed by atoms with van der Waals surface area (Å²) in [7, 11) is 3.24. The number of hydrogen-bond acceptors (Lipinski definition) is 6. The molecule has 5 rings (SSSR count). The van der Waals surface area contributed by atoms with Gasteiger partial charge in [-0.25, -0.2) is 4.79 Å². The van der Waals surface area contributed by atoms with E-state index in [0.29, 0.717) is 37.7 Å². The number of amides is 3. The summed E-state index contributed by atoms with van der Waals surface area (Å²) in [5, 5.41) is 2.19. The van der Waals surface area contributed by atoms with Crippen LogP contribution in [0.5, 0.6) is 5.75 Å². The highest BCUT2D eigenvalue weighted by Crippen LogP contribution is 2.38. The van der Waals surface area contributed by atoms with Crippen molar-refractivity contribution in [2.75, 3.05) is 46.2 Å². The van der Waals surface area contributed by atoms with Crippen molar-refractivity contribution in [2.24, 2.45) is 0 Å². The maximum Gasteiger partial charge on any atom is 0.328 e. The topological polar surface area (TPSA) is 62.3 Å². The van der Waals surface area contributed by atoms with Crippen LogP contribution in [0.15, 0.2) is 60.0 Å². The van der Waals surface area contributed by atoms with E-state index in [4.69, 9.17) is 9.47 Å². The minimum absolute atomic E-state index is 0.0939. The average Bonchev–Trinajstić information content (AvgIpc) is 3.53. The molecule has 2 aromatic rings. The number of rotatable bonds is 9. The Labute approximate surface area is 223 Å². The van der Waals surface area contributed by atoms with E-state index >= 15 is 0 Å². The minimum Gasteiger partial charge on any atom is -0.497 e. The lowest BCUT2D eigenvalue weighted by molar-refractivity contribution is -0.136. The van der Waals surface area contributed by atoms with Crippen LogP contribution in [0.3, 0.4) is 0 Å². The van der Waals surface area contributed by atoms with E-state index in [1.165, 1.54) is 16.0 Å². The van der Waals surface area contributed by atoms with Crippen molar-refractivity contribution in [3.63, 3.8) is 0 Å². The number of thioether (sulfide) groups is 1. The Bertz CT molecular complexity index is 1160. The van der Waals surface area contributed by atoms with Crippen LogP contribution in [0.2, 0.25) is 0 Å². The lowest BCUT2D eigenvalue weighted by atomic mass is 9.85. The lowest BCUT2D eigenvalue weighted by Gasteiger charge is -2.42. The van der Waals surface area contributed by atoms with Gasteiger partial charge in [0.1, 0.15) is 11.3 Å². The molecule has 0 saturated carbocycles. The normalized spacial score (nSPS) is 21.4. The quantitative estimate of drug-likeness (QED) is 0.454. The second-order valence-electron chi connectivity index (χ2n) is 9.99. The van der Waals surface area contributed by atoms with Gasteiger partial charge >= 0.3 is 6.03 Å². The number of ether oxygens (including phenoxy) is 2. The molecule has 37 heavy (non-hydrogen) atoms. The second kappa shape index (κ2) is 11.3. The fourth-order valence-electron chi connectivity index (χ4n) is 5.69. The summed E-state index contributed by atoms with van der Waals surface area (Å²) in [6.07, 6.45) is 3.53. The SMILES string of the molecule is COCCN1C(=O)N(Cc2cccc(OC)c2)C(=O)C12CCN(Cc1cccc(C3C=CSC3)c1)CC2. The molecular weight excluding hydrogens is 486 g/mol. The third-order valence-corrected chi connectivity index (χ3v) is 8.67. The number of piperidine rings is 1. The zero-order valence-electron chi connectivity index (χ0n) is 21.6. The maximum absolute atomic E-state index is 13.8. The van der Waals surface area contributed by atoms with Crippen molar-refractivity contribution in [2.45, 2.75) is 37.4 Å². The zero-order chi connectivity index (χ0) is 25.8. The number of imide groups is 1. The monoisotopic (exact) mass is 521 g/mol. The Kier molecular flexibility index (Phi) is 7.88. The van der Waals surface area contributed by atoms with E-state index in [2.05, 4.69) is 40.6 Å². The van der Waals surface area contributed by atoms with Crippen LogP contribution in [-0.2, 0) is 22.6 Å². The van der Waals surface area contributed by atoms with Gasteiger partial charge in [0.2, 0.25) is 0 Å². The number of urea groups is 1. The number of methoxy groups -OCH3 is 2. The Morgan fingerprint density at radius 1 is 1.00 bits per heavy atom. The molecule has 1 unspecified atom stereocenters. The second-order valence-corrected chi connectivity index (χ2v) is 10.9. The molecule has 0 aliphatic carbocycles. The van der Waals surface area contributed by atoms with Crippen LogP contribution < -0.4 is 4.74 Å². The molecule has 3 heterocycles. The molecule has 196 valence electrons. The molecule has 2 fully saturated rings. The van der Waals surface area contributed by atoms with Gasteiger partial charge < -0.3 is 14.4 Å². The molecule has 2 saturated heterocycles. The van der Waals surface area contributed by atoms with Gasteiger partial charge in [0.05, 0.1) is 20.3 Å². The molecular formula is C29H35N3O4S. The summed E-state index contributed by atoms with van der Waals surface area (Å²) in [5.74, 6) is 2.21. The summed E-state index contributed by atoms with van der Waals surface area (Å²) in [6.45, 7) is 3.42. The van der Waals surface area contributed by atoms with Crippen molar-refractivity contribution in [1.29, 1.82) is 0 Å². The first kappa shape index (κ1) is 25.8. The number of likely N-dealkylation sites (tertiary alicyclic amines) is 1. The van der Waals surface area contributed by atoms with Gasteiger partial charge in [-0.3, -0.25) is 14.6 Å². The van der Waals surface area contributed by atoms with Crippen molar-refractivity contribution in [3.05, 3.63) is 76.7 Å². The largest absolute Gasteiger partial charge is 0.497 e. The van der Waals surface area contributed by atoms with E-state index in [-0.39, 0.29) is 18.5 Å². The fraction of sp³-hybridized carbons (Fsp3) is 0.448. The Balaban J connectivity index is 1.29. The van der Waals surface area contributed by atoms with Crippen LogP contribution in [-0.4, -0.2) is 78.4 Å². The van der Waals surface area contributed by atoms with Crippen LogP contribution in [0.25, 0.3) is 0 Å². The molecule has 1 atom stereocenters. The van der Waals surface area contributed by atoms with Gasteiger partial charge in [0.15, 0.2) is 0 Å². The molecule has 2 aromatic carbocycles. The Morgan fingerprint density at radius 2 is 1.76 bits per heavy atom. The van der Waals surface area contributed by atoms with Gasteiger partial charge in [0.25, 0.3) is 5.91 Å². The van der Waals surface area contributed by atoms with Gasteiger partial charge in [-0.15, -0.1) is 11.8 Å². The molecule has 0 radical (unpaired) electrons. The van der Waals surface area contributed by atoms with E-state index in [1.807, 2.05) is 36.0 Å². The predicted octanol–water partition coefficient (Wildman–Crippen LogP) is 4.48. The number of carbonyl (C=O) groups is 2. The smallest absolute Gasteiger partial charge is 0.328 e. The highest BCUT2D eigenvalue weighted by molar-refractivity contribution is 8.02. The van der Waals surface area contributed by atoms with Crippen molar-refractivity contribution < 1.29 is 19.1 Å². The maximum atomic E-state index is 13.8. The molecule has 3 aliphatic heterocycles. The first-order chi connectivity index (χ1) is 18.0. The number of carbonyl (C=O) groups excluding carboxylic acids is 2. The van der Waals surface area contributed by atoms with Crippen LogP contribution >= 0.6 is 11.8 Å². The van der Waals surface area contributed by atoms with E-state index < -0.39 is 5.54 Å². The van der Waals surface area contributed by atoms with Crippen LogP contribution in [0, 0.1) is 0 Å². The van der Waals surface area contributed by atoms with Gasteiger partial charge in [-0.1, -0.05) is 42.5 Å². The Morgan fingerprint density at radius 3 is 2.46 bits per heavy atom. The highest BCUT2D eigenvalue weighted by Gasteiger charge is 2.57. The minimum atomic E-state index is -0.807. The summed E-state index contributed by atoms with van der Waals surface area (Å²) >= 11 is 1.86. The zero-order valence-corrected chi connectivity index (χ0v) is 22.4. The van der Waals surface area contributed by atoms with E-state index in [9.17, 15) is 9.59 Å². The van der Waals surface area contributed by atoms with Crippen molar-refractivity contribution >= 4 is 23.7 Å². The molecule has 1 spiro atoms. The molecule has 0 bridgehead atoms. The van der Waals surface area contributed by atoms with E-state index in [1.54, 1.807) is 19.1 Å². The molecule has 3 amide bonds. The molecule has 7 nitrogen and oxygen atoms in total. The number of allylic oxidation sites excluding steroid dienone is 1. The number of nitrogens with zero attached hydrogens (tertiary/aromatic N) is 3. The highest BCUT2D eigenvalue weighted by atomic mass is 32.2. The van der Waals surface area contributed by atoms with Crippen molar-refractivity contribution in [1.82, 2.24) is 14.7 Å². The lowest BCUT2D eigenvalue weighted by Crippen LogP contribution is -2.57. The van der Waals surface area contributed by atoms with Gasteiger partial charge in [0, 0.05) is 45.0 Å². The number of hydrogen-bond donors (Lipinski definition) is 0. The summed E-state index contributed by atoms with van der Waals surface area (Å²) in [5.41, 5.74) is 2.72. The van der Waals surface area contributed by atoms with Crippen LogP contribution in [0.1, 0.15) is 35.4 Å². The summed E-state index contributed by atoms with van der Waals surface area (Å²) in [4.78, 5) is 32.9. The summed E-state index contributed by atoms with van der Waals surface area (Å²) < 4.78 is 10.6. The Hall–Kier alpha value is -2.81. The molecule has 8 heteroatoms. The fourth-order valence-corrected chi connectivity index (χ4v) is 6.61. The third-order valence-electron chi connectivity index (χ3n) is 7.77. The van der Waals surface area contributed by atoms with Crippen molar-refractivity contribution in [3.8, 4) is 5.75 Å². The van der Waals surface area contributed by atoms with Gasteiger partial charge in [-0.2, -0.15) is 0 Å².